The Kier molecular flexibility index (Phi) is 6.76. The van der Waals surface area contributed by atoms with Gasteiger partial charge in [0.15, 0.2) is 6.61 Å². The van der Waals surface area contributed by atoms with Gasteiger partial charge in [0.1, 0.15) is 5.75 Å². The molecule has 4 N–H and O–H groups in total. The van der Waals surface area contributed by atoms with E-state index in [1.807, 2.05) is 20.8 Å². The number of ether oxygens (including phenoxy) is 1. The summed E-state index contributed by atoms with van der Waals surface area (Å²) >= 11 is 0. The fraction of sp³-hybridized carbons (Fsp3) is 0.286. The average molecular weight is 383 g/mol. The summed E-state index contributed by atoms with van der Waals surface area (Å²) < 4.78 is 5.15. The van der Waals surface area contributed by atoms with Gasteiger partial charge in [0, 0.05) is 22.4 Å². The molecule has 3 amide bonds. The third-order valence-electron chi connectivity index (χ3n) is 4.24. The monoisotopic (exact) mass is 383 g/mol. The number of nitrogens with one attached hydrogen (secondary N) is 2. The van der Waals surface area contributed by atoms with Crippen LogP contribution in [0.15, 0.2) is 48.5 Å². The summed E-state index contributed by atoms with van der Waals surface area (Å²) in [5.41, 5.74) is 6.26. The minimum absolute atomic E-state index is 0.156. The topological polar surface area (TPSA) is 111 Å². The minimum atomic E-state index is -0.572. The number of hydrogen-bond donors (Lipinski definition) is 3. The zero-order valence-corrected chi connectivity index (χ0v) is 16.2. The molecule has 0 bridgehead atoms. The SMILES string of the molecule is CCC(C)(C)NC(=O)c1ccc(NC(=O)c2ccc(OCC(N)=O)cc2)cc1. The molecule has 7 heteroatoms. The lowest BCUT2D eigenvalue weighted by Crippen LogP contribution is -2.42. The lowest BCUT2D eigenvalue weighted by Gasteiger charge is -2.24. The minimum Gasteiger partial charge on any atom is -0.484 e. The molecular weight excluding hydrogens is 358 g/mol. The molecule has 148 valence electrons. The van der Waals surface area contributed by atoms with E-state index in [1.165, 1.54) is 0 Å². The summed E-state index contributed by atoms with van der Waals surface area (Å²) in [7, 11) is 0. The van der Waals surface area contributed by atoms with Gasteiger partial charge in [-0.05, 0) is 68.8 Å². The van der Waals surface area contributed by atoms with Crippen molar-refractivity contribution in [3.05, 3.63) is 59.7 Å². The second-order valence-corrected chi connectivity index (χ2v) is 7.00. The molecule has 0 unspecified atom stereocenters. The van der Waals surface area contributed by atoms with Gasteiger partial charge in [-0.2, -0.15) is 0 Å². The maximum atomic E-state index is 12.3. The van der Waals surface area contributed by atoms with Crippen LogP contribution >= 0.6 is 0 Å². The predicted octanol–water partition coefficient (Wildman–Crippen LogP) is 2.72. The first kappa shape index (κ1) is 21.0. The van der Waals surface area contributed by atoms with Gasteiger partial charge in [-0.25, -0.2) is 0 Å². The zero-order valence-electron chi connectivity index (χ0n) is 16.2. The molecule has 0 heterocycles. The first-order valence-electron chi connectivity index (χ1n) is 8.95. The maximum Gasteiger partial charge on any atom is 0.255 e. The number of hydrogen-bond acceptors (Lipinski definition) is 4. The molecule has 0 saturated carbocycles. The molecule has 0 radical (unpaired) electrons. The molecule has 28 heavy (non-hydrogen) atoms. The molecule has 0 fully saturated rings. The number of primary amides is 1. The molecule has 7 nitrogen and oxygen atoms in total. The van der Waals surface area contributed by atoms with Crippen LogP contribution in [0.5, 0.6) is 5.75 Å². The summed E-state index contributed by atoms with van der Waals surface area (Å²) in [5.74, 6) is -0.583. The largest absolute Gasteiger partial charge is 0.484 e. The van der Waals surface area contributed by atoms with Crippen molar-refractivity contribution in [2.24, 2.45) is 5.73 Å². The van der Waals surface area contributed by atoms with E-state index in [1.54, 1.807) is 48.5 Å². The Bertz CT molecular complexity index is 843. The molecule has 0 saturated heterocycles. The second-order valence-electron chi connectivity index (χ2n) is 7.00. The van der Waals surface area contributed by atoms with Gasteiger partial charge < -0.3 is 21.1 Å². The number of benzene rings is 2. The van der Waals surface area contributed by atoms with Crippen molar-refractivity contribution in [3.8, 4) is 5.75 Å². The van der Waals surface area contributed by atoms with Gasteiger partial charge in [-0.3, -0.25) is 14.4 Å². The first-order chi connectivity index (χ1) is 13.2. The summed E-state index contributed by atoms with van der Waals surface area (Å²) in [5, 5.41) is 5.73. The van der Waals surface area contributed by atoms with Crippen molar-refractivity contribution < 1.29 is 19.1 Å². The van der Waals surface area contributed by atoms with Crippen LogP contribution in [0.1, 0.15) is 47.9 Å². The van der Waals surface area contributed by atoms with E-state index >= 15 is 0 Å². The van der Waals surface area contributed by atoms with Crippen molar-refractivity contribution in [1.29, 1.82) is 0 Å². The van der Waals surface area contributed by atoms with E-state index in [0.717, 1.165) is 6.42 Å². The number of rotatable bonds is 8. The molecule has 0 aliphatic carbocycles. The molecule has 0 spiro atoms. The van der Waals surface area contributed by atoms with Crippen LogP contribution in [0.25, 0.3) is 0 Å². The lowest BCUT2D eigenvalue weighted by atomic mass is 10.0. The summed E-state index contributed by atoms with van der Waals surface area (Å²) in [6, 6.07) is 13.0. The van der Waals surface area contributed by atoms with Gasteiger partial charge in [0.05, 0.1) is 0 Å². The Morgan fingerprint density at radius 1 is 0.929 bits per heavy atom. The Labute approximate surface area is 164 Å². The third-order valence-corrected chi connectivity index (χ3v) is 4.24. The second kappa shape index (κ2) is 9.03. The van der Waals surface area contributed by atoms with Crippen molar-refractivity contribution in [3.63, 3.8) is 0 Å². The van der Waals surface area contributed by atoms with Crippen molar-refractivity contribution in [1.82, 2.24) is 5.32 Å². The van der Waals surface area contributed by atoms with E-state index in [0.29, 0.717) is 22.6 Å². The average Bonchev–Trinajstić information content (AvgIpc) is 2.67. The molecule has 2 aromatic rings. The number of anilines is 1. The fourth-order valence-corrected chi connectivity index (χ4v) is 2.23. The van der Waals surface area contributed by atoms with Gasteiger partial charge in [0.2, 0.25) is 0 Å². The van der Waals surface area contributed by atoms with Gasteiger partial charge in [-0.1, -0.05) is 6.92 Å². The normalized spacial score (nSPS) is 10.8. The number of amides is 3. The van der Waals surface area contributed by atoms with Crippen LogP contribution in [0.2, 0.25) is 0 Å². The first-order valence-corrected chi connectivity index (χ1v) is 8.95. The highest BCUT2D eigenvalue weighted by molar-refractivity contribution is 6.04. The fourth-order valence-electron chi connectivity index (χ4n) is 2.23. The Morgan fingerprint density at radius 3 is 2.00 bits per heavy atom. The predicted molar refractivity (Wildman–Crippen MR) is 107 cm³/mol. The highest BCUT2D eigenvalue weighted by atomic mass is 16.5. The van der Waals surface area contributed by atoms with Crippen LogP contribution in [0.3, 0.4) is 0 Å². The van der Waals surface area contributed by atoms with Crippen molar-refractivity contribution >= 4 is 23.4 Å². The summed E-state index contributed by atoms with van der Waals surface area (Å²) in [6.45, 7) is 5.71. The van der Waals surface area contributed by atoms with Crippen LogP contribution in [0.4, 0.5) is 5.69 Å². The van der Waals surface area contributed by atoms with Crippen molar-refractivity contribution in [2.75, 3.05) is 11.9 Å². The quantitative estimate of drug-likeness (QED) is 0.651. The van der Waals surface area contributed by atoms with Gasteiger partial charge in [0.25, 0.3) is 17.7 Å². The Morgan fingerprint density at radius 2 is 1.46 bits per heavy atom. The van der Waals surface area contributed by atoms with Crippen LogP contribution in [-0.2, 0) is 4.79 Å². The van der Waals surface area contributed by atoms with Crippen molar-refractivity contribution in [2.45, 2.75) is 32.7 Å². The lowest BCUT2D eigenvalue weighted by molar-refractivity contribution is -0.119. The highest BCUT2D eigenvalue weighted by Crippen LogP contribution is 2.16. The van der Waals surface area contributed by atoms with Crippen LogP contribution < -0.4 is 21.1 Å². The molecule has 0 aliphatic rings. The highest BCUT2D eigenvalue weighted by Gasteiger charge is 2.18. The molecule has 2 aromatic carbocycles. The standard InChI is InChI=1S/C21H25N3O4/c1-4-21(2,3)24-20(27)15-5-9-16(10-6-15)23-19(26)14-7-11-17(12-8-14)28-13-18(22)25/h5-12H,4,13H2,1-3H3,(H2,22,25)(H,23,26)(H,24,27). The van der Waals surface area contributed by atoms with Gasteiger partial charge in [-0.15, -0.1) is 0 Å². The number of nitrogens with two attached hydrogens (primary N) is 1. The number of carbonyl (C=O) groups excluding carboxylic acids is 3. The van der Waals surface area contributed by atoms with E-state index < -0.39 is 5.91 Å². The maximum absolute atomic E-state index is 12.3. The smallest absolute Gasteiger partial charge is 0.255 e. The van der Waals surface area contributed by atoms with Gasteiger partial charge >= 0.3 is 0 Å². The number of carbonyl (C=O) groups is 3. The van der Waals surface area contributed by atoms with E-state index in [4.69, 9.17) is 10.5 Å². The molecular formula is C21H25N3O4. The third kappa shape index (κ3) is 6.12. The van der Waals surface area contributed by atoms with E-state index in [2.05, 4.69) is 10.6 Å². The van der Waals surface area contributed by atoms with Crippen LogP contribution in [0, 0.1) is 0 Å². The van der Waals surface area contributed by atoms with E-state index in [9.17, 15) is 14.4 Å². The molecule has 0 aromatic heterocycles. The van der Waals surface area contributed by atoms with E-state index in [-0.39, 0.29) is 24.0 Å². The Balaban J connectivity index is 1.97. The summed E-state index contributed by atoms with van der Waals surface area (Å²) in [6.07, 6.45) is 0.819. The Hall–Kier alpha value is -3.35. The summed E-state index contributed by atoms with van der Waals surface area (Å²) in [4.78, 5) is 35.3. The molecule has 0 aliphatic heterocycles. The van der Waals surface area contributed by atoms with Crippen LogP contribution in [-0.4, -0.2) is 29.9 Å². The molecule has 2 rings (SSSR count). The zero-order chi connectivity index (χ0) is 20.7. The molecule has 0 atom stereocenters.